The molecular weight excluding hydrogens is 364 g/mol. The third-order valence-corrected chi connectivity index (χ3v) is 5.48. The molecule has 0 heterocycles. The average molecular weight is 383 g/mol. The summed E-state index contributed by atoms with van der Waals surface area (Å²) >= 11 is 5.80. The molecule has 1 amide bonds. The molecule has 6 nitrogen and oxygen atoms in total. The summed E-state index contributed by atoms with van der Waals surface area (Å²) in [5.74, 6) is 0.178. The van der Waals surface area contributed by atoms with Gasteiger partial charge in [0.15, 0.2) is 6.10 Å². The number of nitrogens with one attached hydrogen (secondary N) is 1. The fourth-order valence-corrected chi connectivity index (χ4v) is 2.96. The van der Waals surface area contributed by atoms with Crippen LogP contribution in [-0.2, 0) is 14.8 Å². The number of hydrogen-bond donors (Lipinski definition) is 1. The van der Waals surface area contributed by atoms with Gasteiger partial charge < -0.3 is 10.1 Å². The van der Waals surface area contributed by atoms with Crippen LogP contribution >= 0.6 is 11.6 Å². The van der Waals surface area contributed by atoms with Gasteiger partial charge in [-0.15, -0.1) is 0 Å². The number of carbonyl (C=O) groups is 1. The number of benzene rings is 2. The number of sulfonamides is 1. The molecule has 25 heavy (non-hydrogen) atoms. The predicted octanol–water partition coefficient (Wildman–Crippen LogP) is 3.00. The third kappa shape index (κ3) is 4.94. The van der Waals surface area contributed by atoms with E-state index in [0.29, 0.717) is 16.5 Å². The first-order chi connectivity index (χ1) is 11.7. The van der Waals surface area contributed by atoms with Crippen LogP contribution in [0.1, 0.15) is 6.92 Å². The van der Waals surface area contributed by atoms with E-state index in [1.54, 1.807) is 31.2 Å². The molecule has 2 aromatic rings. The molecule has 0 spiro atoms. The van der Waals surface area contributed by atoms with Gasteiger partial charge in [-0.3, -0.25) is 4.79 Å². The van der Waals surface area contributed by atoms with E-state index in [4.69, 9.17) is 16.3 Å². The van der Waals surface area contributed by atoms with Crippen molar-refractivity contribution in [3.63, 3.8) is 0 Å². The lowest BCUT2D eigenvalue weighted by Gasteiger charge is -2.15. The standard InChI is InChI=1S/C17H19ClN2O4S/c1-12(24-15-8-4-13(18)5-9-15)17(21)19-14-6-10-16(11-7-14)25(22,23)20(2)3/h4-12H,1-3H3,(H,19,21)/t12-/m1/s1. The second-order valence-corrected chi connectivity index (χ2v) is 8.10. The molecule has 8 heteroatoms. The van der Waals surface area contributed by atoms with Crippen molar-refractivity contribution in [1.29, 1.82) is 0 Å². The van der Waals surface area contributed by atoms with Crippen molar-refractivity contribution in [2.45, 2.75) is 17.9 Å². The van der Waals surface area contributed by atoms with E-state index in [-0.39, 0.29) is 10.8 Å². The van der Waals surface area contributed by atoms with Crippen molar-refractivity contribution in [1.82, 2.24) is 4.31 Å². The van der Waals surface area contributed by atoms with Crippen LogP contribution in [0.25, 0.3) is 0 Å². The molecule has 0 aliphatic heterocycles. The summed E-state index contributed by atoms with van der Waals surface area (Å²) in [4.78, 5) is 12.3. The minimum Gasteiger partial charge on any atom is -0.481 e. The first-order valence-corrected chi connectivity index (χ1v) is 9.27. The number of anilines is 1. The average Bonchev–Trinajstić information content (AvgIpc) is 2.57. The van der Waals surface area contributed by atoms with Crippen LogP contribution in [0, 0.1) is 0 Å². The Hall–Kier alpha value is -2.09. The zero-order valence-corrected chi connectivity index (χ0v) is 15.6. The fraction of sp³-hybridized carbons (Fsp3) is 0.235. The molecule has 0 aliphatic carbocycles. The normalized spacial score (nSPS) is 12.7. The van der Waals surface area contributed by atoms with Crippen molar-refractivity contribution < 1.29 is 17.9 Å². The van der Waals surface area contributed by atoms with E-state index in [2.05, 4.69) is 5.32 Å². The maximum absolute atomic E-state index is 12.2. The molecule has 0 aromatic heterocycles. The molecule has 0 saturated heterocycles. The molecule has 1 N–H and O–H groups in total. The summed E-state index contributed by atoms with van der Waals surface area (Å²) in [6.45, 7) is 1.62. The summed E-state index contributed by atoms with van der Waals surface area (Å²) in [6, 6.07) is 12.6. The van der Waals surface area contributed by atoms with E-state index < -0.39 is 16.1 Å². The van der Waals surface area contributed by atoms with Crippen LogP contribution in [0.5, 0.6) is 5.75 Å². The first kappa shape index (κ1) is 19.2. The largest absolute Gasteiger partial charge is 0.481 e. The summed E-state index contributed by atoms with van der Waals surface area (Å²) < 4.78 is 30.7. The zero-order valence-electron chi connectivity index (χ0n) is 14.1. The maximum atomic E-state index is 12.2. The fourth-order valence-electron chi connectivity index (χ4n) is 1.94. The number of carbonyl (C=O) groups excluding carboxylic acids is 1. The molecule has 0 fully saturated rings. The molecule has 2 rings (SSSR count). The Kier molecular flexibility index (Phi) is 6.05. The second kappa shape index (κ2) is 7.86. The van der Waals surface area contributed by atoms with Gasteiger partial charge in [0.05, 0.1) is 4.90 Å². The lowest BCUT2D eigenvalue weighted by molar-refractivity contribution is -0.122. The van der Waals surface area contributed by atoms with Gasteiger partial charge in [-0.2, -0.15) is 0 Å². The highest BCUT2D eigenvalue weighted by molar-refractivity contribution is 7.89. The van der Waals surface area contributed by atoms with E-state index in [1.807, 2.05) is 0 Å². The Morgan fingerprint density at radius 1 is 1.08 bits per heavy atom. The van der Waals surface area contributed by atoms with Gasteiger partial charge >= 0.3 is 0 Å². The van der Waals surface area contributed by atoms with Crippen LogP contribution in [0.2, 0.25) is 5.02 Å². The summed E-state index contributed by atoms with van der Waals surface area (Å²) in [5.41, 5.74) is 0.481. The molecule has 0 radical (unpaired) electrons. The Bertz CT molecular complexity index is 834. The molecule has 0 bridgehead atoms. The summed E-state index contributed by atoms with van der Waals surface area (Å²) in [5, 5.41) is 3.26. The highest BCUT2D eigenvalue weighted by atomic mass is 35.5. The third-order valence-electron chi connectivity index (χ3n) is 3.40. The van der Waals surface area contributed by atoms with E-state index in [1.165, 1.54) is 38.4 Å². The number of nitrogens with zero attached hydrogens (tertiary/aromatic N) is 1. The van der Waals surface area contributed by atoms with Crippen molar-refractivity contribution in [2.24, 2.45) is 0 Å². The van der Waals surface area contributed by atoms with Crippen LogP contribution in [0.15, 0.2) is 53.4 Å². The van der Waals surface area contributed by atoms with Crippen LogP contribution < -0.4 is 10.1 Å². The summed E-state index contributed by atoms with van der Waals surface area (Å²) in [7, 11) is -0.579. The maximum Gasteiger partial charge on any atom is 0.265 e. The SMILES string of the molecule is C[C@@H](Oc1ccc(Cl)cc1)C(=O)Nc1ccc(S(=O)(=O)N(C)C)cc1. The smallest absolute Gasteiger partial charge is 0.265 e. The highest BCUT2D eigenvalue weighted by Gasteiger charge is 2.18. The minimum atomic E-state index is -3.50. The van der Waals surface area contributed by atoms with Crippen LogP contribution in [0.3, 0.4) is 0 Å². The Labute approximate surface area is 152 Å². The van der Waals surface area contributed by atoms with Crippen molar-refractivity contribution in [3.05, 3.63) is 53.6 Å². The van der Waals surface area contributed by atoms with Gasteiger partial charge in [-0.25, -0.2) is 12.7 Å². The molecule has 0 unspecified atom stereocenters. The Morgan fingerprint density at radius 3 is 2.16 bits per heavy atom. The first-order valence-electron chi connectivity index (χ1n) is 7.46. The van der Waals surface area contributed by atoms with Crippen molar-refractivity contribution in [2.75, 3.05) is 19.4 Å². The Morgan fingerprint density at radius 2 is 1.64 bits per heavy atom. The van der Waals surface area contributed by atoms with Gasteiger partial charge in [-0.05, 0) is 55.5 Å². The van der Waals surface area contributed by atoms with Crippen LogP contribution in [0.4, 0.5) is 5.69 Å². The van der Waals surface area contributed by atoms with Gasteiger partial charge in [-0.1, -0.05) is 11.6 Å². The van der Waals surface area contributed by atoms with Crippen LogP contribution in [-0.4, -0.2) is 38.8 Å². The highest BCUT2D eigenvalue weighted by Crippen LogP contribution is 2.19. The molecule has 0 aliphatic rings. The summed E-state index contributed by atoms with van der Waals surface area (Å²) in [6.07, 6.45) is -0.730. The quantitative estimate of drug-likeness (QED) is 0.833. The Balaban J connectivity index is 2.01. The molecule has 1 atom stereocenters. The van der Waals surface area contributed by atoms with E-state index in [0.717, 1.165) is 4.31 Å². The van der Waals surface area contributed by atoms with Gasteiger partial charge in [0.1, 0.15) is 5.75 Å². The van der Waals surface area contributed by atoms with E-state index >= 15 is 0 Å². The van der Waals surface area contributed by atoms with Crippen molar-refractivity contribution >= 4 is 33.2 Å². The van der Waals surface area contributed by atoms with Gasteiger partial charge in [0.2, 0.25) is 10.0 Å². The number of hydrogen-bond acceptors (Lipinski definition) is 4. The number of ether oxygens (including phenoxy) is 1. The molecular formula is C17H19ClN2O4S. The molecule has 134 valence electrons. The number of rotatable bonds is 6. The molecule has 0 saturated carbocycles. The topological polar surface area (TPSA) is 75.7 Å². The monoisotopic (exact) mass is 382 g/mol. The van der Waals surface area contributed by atoms with Gasteiger partial charge in [0.25, 0.3) is 5.91 Å². The number of halogens is 1. The second-order valence-electron chi connectivity index (χ2n) is 5.52. The lowest BCUT2D eigenvalue weighted by Crippen LogP contribution is -2.30. The zero-order chi connectivity index (χ0) is 18.6. The van der Waals surface area contributed by atoms with Gasteiger partial charge in [0, 0.05) is 24.8 Å². The van der Waals surface area contributed by atoms with E-state index in [9.17, 15) is 13.2 Å². The number of amides is 1. The minimum absolute atomic E-state index is 0.154. The van der Waals surface area contributed by atoms with Crippen molar-refractivity contribution in [3.8, 4) is 5.75 Å². The predicted molar refractivity (Wildman–Crippen MR) is 97.5 cm³/mol. The molecule has 2 aromatic carbocycles. The lowest BCUT2D eigenvalue weighted by atomic mass is 10.3.